The predicted octanol–water partition coefficient (Wildman–Crippen LogP) is 1.03. The fourth-order valence-electron chi connectivity index (χ4n) is 3.76. The highest BCUT2D eigenvalue weighted by atomic mass is 16.5. The van der Waals surface area contributed by atoms with Crippen molar-refractivity contribution in [2.24, 2.45) is 17.8 Å². The molecule has 2 amide bonds. The van der Waals surface area contributed by atoms with Gasteiger partial charge in [0.25, 0.3) is 0 Å². The Balaban J connectivity index is 1.42. The van der Waals surface area contributed by atoms with E-state index in [4.69, 9.17) is 9.47 Å². The summed E-state index contributed by atoms with van der Waals surface area (Å²) >= 11 is 0. The van der Waals surface area contributed by atoms with Crippen LogP contribution in [0.2, 0.25) is 0 Å². The molecular weight excluding hydrogens is 346 g/mol. The summed E-state index contributed by atoms with van der Waals surface area (Å²) in [6.45, 7) is 9.99. The van der Waals surface area contributed by atoms with E-state index in [1.165, 1.54) is 0 Å². The molecule has 2 rings (SSSR count). The molecule has 0 aromatic heterocycles. The van der Waals surface area contributed by atoms with Gasteiger partial charge < -0.3 is 25.0 Å². The van der Waals surface area contributed by atoms with Gasteiger partial charge in [0.2, 0.25) is 11.8 Å². The fourth-order valence-corrected chi connectivity index (χ4v) is 3.76. The number of ether oxygens (including phenoxy) is 2. The molecule has 2 N–H and O–H groups in total. The van der Waals surface area contributed by atoms with Crippen LogP contribution in [0.3, 0.4) is 0 Å². The topological polar surface area (TPSA) is 79.9 Å². The molecule has 2 heterocycles. The number of nitrogens with zero attached hydrogens (tertiary/aromatic N) is 1. The lowest BCUT2D eigenvalue weighted by molar-refractivity contribution is -0.138. The van der Waals surface area contributed by atoms with Crippen molar-refractivity contribution in [3.63, 3.8) is 0 Å². The normalized spacial score (nSPS) is 19.4. The van der Waals surface area contributed by atoms with Crippen molar-refractivity contribution in [2.75, 3.05) is 59.2 Å². The minimum absolute atomic E-state index is 0.0754. The molecule has 7 nitrogen and oxygen atoms in total. The molecule has 0 unspecified atom stereocenters. The highest BCUT2D eigenvalue weighted by Gasteiger charge is 2.24. The number of nitrogens with one attached hydrogen (secondary N) is 2. The van der Waals surface area contributed by atoms with E-state index >= 15 is 0 Å². The standard InChI is InChI=1S/C20H37N3O4/c1-16(2)17-5-10-23(11-6-17)19(24)15-27-14-13-26-12-9-22-20(25)18-3-7-21-8-4-18/h16-18,21H,3-15H2,1-2H3,(H,22,25). The van der Waals surface area contributed by atoms with E-state index in [1.54, 1.807) is 0 Å². The first-order chi connectivity index (χ1) is 13.1. The van der Waals surface area contributed by atoms with Crippen LogP contribution < -0.4 is 10.6 Å². The van der Waals surface area contributed by atoms with Crippen molar-refractivity contribution >= 4 is 11.8 Å². The molecule has 2 aliphatic heterocycles. The number of carbonyl (C=O) groups excluding carboxylic acids is 2. The first kappa shape index (κ1) is 22.1. The molecule has 0 aromatic carbocycles. The molecule has 0 aromatic rings. The summed E-state index contributed by atoms with van der Waals surface area (Å²) in [5, 5.41) is 6.18. The van der Waals surface area contributed by atoms with Gasteiger partial charge in [-0.3, -0.25) is 9.59 Å². The lowest BCUT2D eigenvalue weighted by atomic mass is 9.87. The molecule has 0 spiro atoms. The van der Waals surface area contributed by atoms with Crippen LogP contribution >= 0.6 is 0 Å². The van der Waals surface area contributed by atoms with E-state index in [0.717, 1.165) is 57.8 Å². The van der Waals surface area contributed by atoms with Crippen LogP contribution in [-0.2, 0) is 19.1 Å². The summed E-state index contributed by atoms with van der Waals surface area (Å²) in [4.78, 5) is 26.0. The van der Waals surface area contributed by atoms with Gasteiger partial charge >= 0.3 is 0 Å². The quantitative estimate of drug-likeness (QED) is 0.551. The number of piperidine rings is 2. The lowest BCUT2D eigenvalue weighted by Crippen LogP contribution is -2.41. The zero-order valence-electron chi connectivity index (χ0n) is 17.0. The lowest BCUT2D eigenvalue weighted by Gasteiger charge is -2.33. The molecule has 0 saturated carbocycles. The number of amides is 2. The first-order valence-electron chi connectivity index (χ1n) is 10.5. The fraction of sp³-hybridized carbons (Fsp3) is 0.900. The van der Waals surface area contributed by atoms with Crippen molar-refractivity contribution in [3.05, 3.63) is 0 Å². The second-order valence-corrected chi connectivity index (χ2v) is 7.94. The molecule has 156 valence electrons. The Kier molecular flexibility index (Phi) is 10.1. The third-order valence-electron chi connectivity index (χ3n) is 5.69. The Labute approximate surface area is 163 Å². The van der Waals surface area contributed by atoms with Gasteiger partial charge in [0, 0.05) is 25.6 Å². The average Bonchev–Trinajstić information content (AvgIpc) is 2.70. The van der Waals surface area contributed by atoms with E-state index in [0.29, 0.717) is 32.3 Å². The number of hydrogen-bond acceptors (Lipinski definition) is 5. The van der Waals surface area contributed by atoms with Crippen molar-refractivity contribution in [1.82, 2.24) is 15.5 Å². The number of rotatable bonds is 10. The van der Waals surface area contributed by atoms with Gasteiger partial charge in [-0.15, -0.1) is 0 Å². The minimum atomic E-state index is 0.0754. The maximum Gasteiger partial charge on any atom is 0.248 e. The Morgan fingerprint density at radius 3 is 2.37 bits per heavy atom. The van der Waals surface area contributed by atoms with E-state index in [1.807, 2.05) is 4.90 Å². The maximum atomic E-state index is 12.1. The van der Waals surface area contributed by atoms with Crippen LogP contribution in [0.15, 0.2) is 0 Å². The van der Waals surface area contributed by atoms with Crippen molar-refractivity contribution in [2.45, 2.75) is 39.5 Å². The van der Waals surface area contributed by atoms with E-state index in [2.05, 4.69) is 24.5 Å². The van der Waals surface area contributed by atoms with Gasteiger partial charge in [-0.2, -0.15) is 0 Å². The average molecular weight is 384 g/mol. The van der Waals surface area contributed by atoms with E-state index in [9.17, 15) is 9.59 Å². The molecular formula is C20H37N3O4. The van der Waals surface area contributed by atoms with Crippen LogP contribution in [0.25, 0.3) is 0 Å². The Bertz CT molecular complexity index is 445. The van der Waals surface area contributed by atoms with Gasteiger partial charge in [0.05, 0.1) is 19.8 Å². The molecule has 0 atom stereocenters. The maximum absolute atomic E-state index is 12.1. The summed E-state index contributed by atoms with van der Waals surface area (Å²) in [6, 6.07) is 0. The van der Waals surface area contributed by atoms with Crippen LogP contribution in [0.1, 0.15) is 39.5 Å². The van der Waals surface area contributed by atoms with Crippen LogP contribution in [0, 0.1) is 17.8 Å². The van der Waals surface area contributed by atoms with Gasteiger partial charge in [0.1, 0.15) is 6.61 Å². The molecule has 0 bridgehead atoms. The Morgan fingerprint density at radius 2 is 1.70 bits per heavy atom. The molecule has 0 radical (unpaired) electrons. The van der Waals surface area contributed by atoms with Crippen molar-refractivity contribution in [3.8, 4) is 0 Å². The second-order valence-electron chi connectivity index (χ2n) is 7.94. The van der Waals surface area contributed by atoms with Gasteiger partial charge in [-0.05, 0) is 50.6 Å². The minimum Gasteiger partial charge on any atom is -0.377 e. The van der Waals surface area contributed by atoms with Crippen molar-refractivity contribution < 1.29 is 19.1 Å². The monoisotopic (exact) mass is 383 g/mol. The van der Waals surface area contributed by atoms with Crippen molar-refractivity contribution in [1.29, 1.82) is 0 Å². The molecule has 27 heavy (non-hydrogen) atoms. The SMILES string of the molecule is CC(C)C1CCN(C(=O)COCCOCCNC(=O)C2CCNCC2)CC1. The number of hydrogen-bond donors (Lipinski definition) is 2. The van der Waals surface area contributed by atoms with Crippen LogP contribution in [-0.4, -0.2) is 75.9 Å². The van der Waals surface area contributed by atoms with E-state index in [-0.39, 0.29) is 24.3 Å². The zero-order valence-corrected chi connectivity index (χ0v) is 17.0. The van der Waals surface area contributed by atoms with E-state index < -0.39 is 0 Å². The Hall–Kier alpha value is -1.18. The van der Waals surface area contributed by atoms with Crippen LogP contribution in [0.4, 0.5) is 0 Å². The molecule has 2 saturated heterocycles. The number of carbonyl (C=O) groups is 2. The second kappa shape index (κ2) is 12.3. The summed E-state index contributed by atoms with van der Waals surface area (Å²) in [6.07, 6.45) is 4.00. The van der Waals surface area contributed by atoms with Gasteiger partial charge in [-0.25, -0.2) is 0 Å². The highest BCUT2D eigenvalue weighted by molar-refractivity contribution is 5.78. The first-order valence-corrected chi connectivity index (χ1v) is 10.5. The summed E-state index contributed by atoms with van der Waals surface area (Å²) in [5.41, 5.74) is 0. The predicted molar refractivity (Wildman–Crippen MR) is 104 cm³/mol. The highest BCUT2D eigenvalue weighted by Crippen LogP contribution is 2.24. The summed E-state index contributed by atoms with van der Waals surface area (Å²) in [5.74, 6) is 1.76. The Morgan fingerprint density at radius 1 is 1.04 bits per heavy atom. The molecule has 0 aliphatic carbocycles. The number of likely N-dealkylation sites (tertiary alicyclic amines) is 1. The van der Waals surface area contributed by atoms with Gasteiger partial charge in [-0.1, -0.05) is 13.8 Å². The third-order valence-corrected chi connectivity index (χ3v) is 5.69. The van der Waals surface area contributed by atoms with Crippen LogP contribution in [0.5, 0.6) is 0 Å². The smallest absolute Gasteiger partial charge is 0.248 e. The molecule has 2 aliphatic rings. The molecule has 2 fully saturated rings. The summed E-state index contributed by atoms with van der Waals surface area (Å²) in [7, 11) is 0. The van der Waals surface area contributed by atoms with Gasteiger partial charge in [0.15, 0.2) is 0 Å². The zero-order chi connectivity index (χ0) is 19.5. The third kappa shape index (κ3) is 8.15. The molecule has 7 heteroatoms. The largest absolute Gasteiger partial charge is 0.377 e. The summed E-state index contributed by atoms with van der Waals surface area (Å²) < 4.78 is 10.9.